The number of unbranched alkanes of at least 4 members (excludes halogenated alkanes) is 26. The standard InChI is InChI=1S/C53H99N2O7P/c1-7-10-13-16-19-22-25-26-27-28-31-33-36-39-42-45-52(56)54-50(49-61-63(58,59)60-48-47-55(4,5)6)51(44-41-38-35-32-29-23-20-17-14-11-8-2)62-53(57)46-43-40-37-34-30-24-21-18-15-12-9-3/h10,13,16,19,22,25,41,44,50-51H,7-9,11-12,14-15,17-18,20-21,23-24,26-40,42-43,45-49H2,1-6H3,(H-,54,56,58,59)/b13-10+,19-16+,25-22+,44-41+. The predicted molar refractivity (Wildman–Crippen MR) is 266 cm³/mol. The number of carbonyl (C=O) groups excluding carboxylic acids is 2. The van der Waals surface area contributed by atoms with Gasteiger partial charge in [-0.3, -0.25) is 14.2 Å². The highest BCUT2D eigenvalue weighted by Gasteiger charge is 2.27. The van der Waals surface area contributed by atoms with E-state index in [1.165, 1.54) is 116 Å². The van der Waals surface area contributed by atoms with E-state index >= 15 is 0 Å². The van der Waals surface area contributed by atoms with E-state index in [2.05, 4.69) is 62.5 Å². The number of hydrogen-bond donors (Lipinski definition) is 1. The Balaban J connectivity index is 5.41. The van der Waals surface area contributed by atoms with Crippen LogP contribution in [0.15, 0.2) is 48.6 Å². The van der Waals surface area contributed by atoms with E-state index < -0.39 is 26.6 Å². The van der Waals surface area contributed by atoms with Gasteiger partial charge in [0.05, 0.1) is 33.8 Å². The molecule has 0 aromatic rings. The lowest BCUT2D eigenvalue weighted by Crippen LogP contribution is -2.47. The van der Waals surface area contributed by atoms with Crippen LogP contribution in [0, 0.1) is 0 Å². The van der Waals surface area contributed by atoms with Gasteiger partial charge in [-0.15, -0.1) is 0 Å². The second-order valence-electron chi connectivity index (χ2n) is 18.7. The quantitative estimate of drug-likeness (QED) is 0.0162. The summed E-state index contributed by atoms with van der Waals surface area (Å²) < 4.78 is 30.1. The first-order valence-electron chi connectivity index (χ1n) is 26.0. The third-order valence-corrected chi connectivity index (χ3v) is 12.3. The molecule has 0 aliphatic rings. The number of rotatable bonds is 46. The molecule has 0 saturated heterocycles. The fraction of sp³-hybridized carbons (Fsp3) is 0.811. The molecule has 0 fully saturated rings. The Kier molecular flexibility index (Phi) is 42.4. The van der Waals surface area contributed by atoms with Crippen LogP contribution in [0.4, 0.5) is 0 Å². The molecule has 9 nitrogen and oxygen atoms in total. The van der Waals surface area contributed by atoms with Crippen molar-refractivity contribution in [2.24, 2.45) is 0 Å². The second-order valence-corrected chi connectivity index (χ2v) is 20.1. The van der Waals surface area contributed by atoms with Gasteiger partial charge in [0.15, 0.2) is 0 Å². The number of phosphoric acid groups is 1. The molecule has 3 unspecified atom stereocenters. The van der Waals surface area contributed by atoms with E-state index in [0.29, 0.717) is 17.4 Å². The summed E-state index contributed by atoms with van der Waals surface area (Å²) >= 11 is 0. The Morgan fingerprint density at radius 2 is 1.02 bits per heavy atom. The first-order chi connectivity index (χ1) is 30.4. The number of ether oxygens (including phenoxy) is 1. The highest BCUT2D eigenvalue weighted by molar-refractivity contribution is 7.45. The van der Waals surface area contributed by atoms with Crippen molar-refractivity contribution in [1.29, 1.82) is 0 Å². The van der Waals surface area contributed by atoms with E-state index in [9.17, 15) is 19.0 Å². The number of quaternary nitrogens is 1. The van der Waals surface area contributed by atoms with Gasteiger partial charge in [-0.2, -0.15) is 0 Å². The van der Waals surface area contributed by atoms with Crippen LogP contribution in [-0.2, 0) is 27.9 Å². The normalized spacial score (nSPS) is 14.3. The first-order valence-corrected chi connectivity index (χ1v) is 27.4. The van der Waals surface area contributed by atoms with Crippen molar-refractivity contribution in [3.05, 3.63) is 48.6 Å². The Morgan fingerprint density at radius 1 is 0.571 bits per heavy atom. The zero-order chi connectivity index (χ0) is 46.5. The molecule has 0 saturated carbocycles. The average molecular weight is 907 g/mol. The molecule has 0 aromatic carbocycles. The number of allylic oxidation sites excluding steroid dienone is 7. The van der Waals surface area contributed by atoms with Gasteiger partial charge in [-0.25, -0.2) is 0 Å². The first kappa shape index (κ1) is 61.0. The van der Waals surface area contributed by atoms with E-state index in [1.807, 2.05) is 33.3 Å². The third-order valence-electron chi connectivity index (χ3n) is 11.3. The summed E-state index contributed by atoms with van der Waals surface area (Å²) in [5, 5.41) is 3.00. The van der Waals surface area contributed by atoms with Crippen molar-refractivity contribution in [3.8, 4) is 0 Å². The Hall–Kier alpha value is -2.03. The second kappa shape index (κ2) is 43.8. The number of nitrogens with one attached hydrogen (secondary N) is 1. The molecule has 0 aromatic heterocycles. The molecular formula is C53H99N2O7P. The van der Waals surface area contributed by atoms with Crippen LogP contribution >= 0.6 is 7.82 Å². The molecule has 0 radical (unpaired) electrons. The molecule has 63 heavy (non-hydrogen) atoms. The van der Waals surface area contributed by atoms with Crippen molar-refractivity contribution in [2.75, 3.05) is 40.9 Å². The van der Waals surface area contributed by atoms with Gasteiger partial charge in [0.25, 0.3) is 7.82 Å². The van der Waals surface area contributed by atoms with Crippen LogP contribution in [0.2, 0.25) is 0 Å². The van der Waals surface area contributed by atoms with Crippen molar-refractivity contribution >= 4 is 19.7 Å². The minimum atomic E-state index is -4.69. The summed E-state index contributed by atoms with van der Waals surface area (Å²) in [4.78, 5) is 39.6. The van der Waals surface area contributed by atoms with Crippen molar-refractivity contribution in [1.82, 2.24) is 5.32 Å². The van der Waals surface area contributed by atoms with Crippen LogP contribution in [0.5, 0.6) is 0 Å². The zero-order valence-corrected chi connectivity index (χ0v) is 42.7. The van der Waals surface area contributed by atoms with Crippen molar-refractivity contribution in [3.63, 3.8) is 0 Å². The van der Waals surface area contributed by atoms with Crippen molar-refractivity contribution < 1.29 is 37.3 Å². The van der Waals surface area contributed by atoms with Gasteiger partial charge in [-0.1, -0.05) is 211 Å². The summed E-state index contributed by atoms with van der Waals surface area (Å²) in [5.74, 6) is -0.555. The number of likely N-dealkylation sites (N-methyl/N-ethyl adjacent to an activating group) is 1. The van der Waals surface area contributed by atoms with Gasteiger partial charge in [0, 0.05) is 12.8 Å². The van der Waals surface area contributed by atoms with Gasteiger partial charge in [-0.05, 0) is 51.0 Å². The van der Waals surface area contributed by atoms with Gasteiger partial charge >= 0.3 is 5.97 Å². The summed E-state index contributed by atoms with van der Waals surface area (Å²) in [7, 11) is 1.17. The maximum absolute atomic E-state index is 13.4. The molecule has 0 aliphatic carbocycles. The van der Waals surface area contributed by atoms with E-state index in [0.717, 1.165) is 77.0 Å². The van der Waals surface area contributed by atoms with Crippen LogP contribution in [-0.4, -0.2) is 69.4 Å². The maximum atomic E-state index is 13.4. The summed E-state index contributed by atoms with van der Waals surface area (Å²) in [6.07, 6.45) is 50.7. The Labute approximate surface area is 388 Å². The van der Waals surface area contributed by atoms with E-state index in [1.54, 1.807) is 0 Å². The third kappa shape index (κ3) is 44.9. The lowest BCUT2D eigenvalue weighted by molar-refractivity contribution is -0.870. The number of amides is 1. The van der Waals surface area contributed by atoms with Gasteiger partial charge in [0.2, 0.25) is 5.91 Å². The highest BCUT2D eigenvalue weighted by Crippen LogP contribution is 2.38. The summed E-state index contributed by atoms with van der Waals surface area (Å²) in [6.45, 7) is 6.67. The van der Waals surface area contributed by atoms with Crippen LogP contribution in [0.1, 0.15) is 226 Å². The van der Waals surface area contributed by atoms with Gasteiger partial charge < -0.3 is 28.5 Å². The van der Waals surface area contributed by atoms with E-state index in [-0.39, 0.29) is 24.9 Å². The smallest absolute Gasteiger partial charge is 0.306 e. The summed E-state index contributed by atoms with van der Waals surface area (Å²) in [6, 6.07) is -0.889. The maximum Gasteiger partial charge on any atom is 0.306 e. The molecule has 1 amide bonds. The number of nitrogens with zero attached hydrogens (tertiary/aromatic N) is 1. The highest BCUT2D eigenvalue weighted by atomic mass is 31.2. The fourth-order valence-electron chi connectivity index (χ4n) is 7.29. The number of esters is 1. The van der Waals surface area contributed by atoms with Gasteiger partial charge in [0.1, 0.15) is 19.3 Å². The topological polar surface area (TPSA) is 114 Å². The molecule has 0 spiro atoms. The molecule has 3 atom stereocenters. The average Bonchev–Trinajstić information content (AvgIpc) is 3.23. The molecule has 0 bridgehead atoms. The monoisotopic (exact) mass is 907 g/mol. The number of phosphoric ester groups is 1. The molecular weight excluding hydrogens is 808 g/mol. The zero-order valence-electron chi connectivity index (χ0n) is 41.8. The minimum Gasteiger partial charge on any atom is -0.756 e. The molecule has 0 heterocycles. The number of carbonyl (C=O) groups is 2. The van der Waals surface area contributed by atoms with Crippen LogP contribution in [0.25, 0.3) is 0 Å². The molecule has 10 heteroatoms. The van der Waals surface area contributed by atoms with Crippen LogP contribution < -0.4 is 10.2 Å². The summed E-state index contributed by atoms with van der Waals surface area (Å²) in [5.41, 5.74) is 0. The lowest BCUT2D eigenvalue weighted by Gasteiger charge is -2.30. The van der Waals surface area contributed by atoms with E-state index in [4.69, 9.17) is 13.8 Å². The SMILES string of the molecule is CC/C=C/C=C/C=C/CCCCCCCCCC(=O)NC(COP(=O)([O-])OCC[N+](C)(C)C)C(/C=C/CCCCCCCCCCC)OC(=O)CCCCCCCCCCCCC. The number of hydrogen-bond acceptors (Lipinski definition) is 7. The molecule has 0 rings (SSSR count). The Morgan fingerprint density at radius 3 is 1.51 bits per heavy atom. The molecule has 0 aliphatic heterocycles. The largest absolute Gasteiger partial charge is 0.756 e. The Bertz CT molecular complexity index is 1230. The molecule has 1 N–H and O–H groups in total. The minimum absolute atomic E-state index is 0.0246. The molecule has 368 valence electrons. The lowest BCUT2D eigenvalue weighted by atomic mass is 10.0. The van der Waals surface area contributed by atoms with Crippen LogP contribution in [0.3, 0.4) is 0 Å². The fourth-order valence-corrected chi connectivity index (χ4v) is 8.01. The van der Waals surface area contributed by atoms with Crippen molar-refractivity contribution in [2.45, 2.75) is 238 Å². The predicted octanol–water partition coefficient (Wildman–Crippen LogP) is 14.4.